The Morgan fingerprint density at radius 1 is 1.25 bits per heavy atom. The van der Waals surface area contributed by atoms with Gasteiger partial charge < -0.3 is 5.73 Å². The van der Waals surface area contributed by atoms with Crippen molar-refractivity contribution in [2.45, 2.75) is 12.6 Å². The van der Waals surface area contributed by atoms with Gasteiger partial charge in [-0.25, -0.2) is 0 Å². The molecule has 1 atom stereocenters. The molecular weight excluding hydrogens is 293 g/mol. The van der Waals surface area contributed by atoms with Crippen LogP contribution < -0.4 is 5.73 Å². The van der Waals surface area contributed by atoms with Crippen LogP contribution in [0.5, 0.6) is 0 Å². The molecule has 1 unspecified atom stereocenters. The summed E-state index contributed by atoms with van der Waals surface area (Å²) in [5.74, 6) is 0. The molecule has 1 aromatic heterocycles. The van der Waals surface area contributed by atoms with Gasteiger partial charge >= 0.3 is 0 Å². The summed E-state index contributed by atoms with van der Waals surface area (Å²) in [5, 5.41) is 1.34. The largest absolute Gasteiger partial charge is 0.329 e. The van der Waals surface area contributed by atoms with Crippen LogP contribution in [0.15, 0.2) is 42.6 Å². The molecule has 20 heavy (non-hydrogen) atoms. The van der Waals surface area contributed by atoms with Gasteiger partial charge in [-0.05, 0) is 42.9 Å². The molecular formula is C15H17Cl2N3. The molecule has 3 nitrogen and oxygen atoms in total. The summed E-state index contributed by atoms with van der Waals surface area (Å²) >= 11 is 12.3. The van der Waals surface area contributed by atoms with Crippen LogP contribution in [0.1, 0.15) is 17.3 Å². The summed E-state index contributed by atoms with van der Waals surface area (Å²) in [5.41, 5.74) is 7.85. The Morgan fingerprint density at radius 2 is 2.05 bits per heavy atom. The number of nitrogens with zero attached hydrogens (tertiary/aromatic N) is 2. The molecule has 0 aliphatic carbocycles. The maximum Gasteiger partial charge on any atom is 0.0544 e. The monoisotopic (exact) mass is 309 g/mol. The lowest BCUT2D eigenvalue weighted by atomic mass is 10.1. The zero-order valence-corrected chi connectivity index (χ0v) is 12.8. The molecule has 0 bridgehead atoms. The summed E-state index contributed by atoms with van der Waals surface area (Å²) in [7, 11) is 2.00. The molecule has 0 saturated carbocycles. The van der Waals surface area contributed by atoms with Crippen molar-refractivity contribution in [2.24, 2.45) is 5.73 Å². The lowest BCUT2D eigenvalue weighted by molar-refractivity contribution is 0.239. The second kappa shape index (κ2) is 7.04. The Bertz CT molecular complexity index is 560. The summed E-state index contributed by atoms with van der Waals surface area (Å²) in [4.78, 5) is 6.45. The van der Waals surface area contributed by atoms with Crippen molar-refractivity contribution in [3.05, 3.63) is 63.9 Å². The van der Waals surface area contributed by atoms with Gasteiger partial charge in [0.15, 0.2) is 0 Å². The van der Waals surface area contributed by atoms with Crippen LogP contribution in [-0.4, -0.2) is 23.5 Å². The van der Waals surface area contributed by atoms with Gasteiger partial charge in [-0.15, -0.1) is 0 Å². The molecule has 0 aliphatic heterocycles. The molecule has 106 valence electrons. The number of rotatable bonds is 5. The molecule has 0 aliphatic rings. The van der Waals surface area contributed by atoms with Crippen LogP contribution in [0.3, 0.4) is 0 Å². The van der Waals surface area contributed by atoms with E-state index in [1.54, 1.807) is 18.3 Å². The Labute approximate surface area is 129 Å². The van der Waals surface area contributed by atoms with Crippen molar-refractivity contribution in [1.82, 2.24) is 9.88 Å². The fourth-order valence-electron chi connectivity index (χ4n) is 2.17. The van der Waals surface area contributed by atoms with E-state index in [1.807, 2.05) is 31.3 Å². The molecule has 2 aromatic rings. The van der Waals surface area contributed by atoms with Gasteiger partial charge in [-0.3, -0.25) is 9.88 Å². The third kappa shape index (κ3) is 3.70. The van der Waals surface area contributed by atoms with Gasteiger partial charge in [0.2, 0.25) is 0 Å². The normalized spacial score (nSPS) is 12.7. The fraction of sp³-hybridized carbons (Fsp3) is 0.267. The number of benzene rings is 1. The van der Waals surface area contributed by atoms with Crippen LogP contribution in [0.25, 0.3) is 0 Å². The second-order valence-corrected chi connectivity index (χ2v) is 5.50. The van der Waals surface area contributed by atoms with Crippen LogP contribution in [0.2, 0.25) is 10.0 Å². The Kier molecular flexibility index (Phi) is 5.38. The Hall–Kier alpha value is -1.13. The average Bonchev–Trinajstić information content (AvgIpc) is 2.44. The van der Waals surface area contributed by atoms with Crippen molar-refractivity contribution >= 4 is 23.2 Å². The lowest BCUT2D eigenvalue weighted by Gasteiger charge is -2.28. The number of halogens is 2. The highest BCUT2D eigenvalue weighted by molar-refractivity contribution is 6.33. The average molecular weight is 310 g/mol. The van der Waals surface area contributed by atoms with Crippen molar-refractivity contribution in [3.63, 3.8) is 0 Å². The Morgan fingerprint density at radius 3 is 2.70 bits per heavy atom. The molecule has 1 heterocycles. The standard InChI is InChI=1S/C15H17Cl2N3/c1-20(10-12-4-2-3-7-19-12)15(9-18)13-8-11(16)5-6-14(13)17/h2-8,15H,9-10,18H2,1H3. The highest BCUT2D eigenvalue weighted by atomic mass is 35.5. The van der Waals surface area contributed by atoms with Crippen molar-refractivity contribution in [3.8, 4) is 0 Å². The van der Waals surface area contributed by atoms with Crippen molar-refractivity contribution in [2.75, 3.05) is 13.6 Å². The number of nitrogens with two attached hydrogens (primary N) is 1. The third-order valence-corrected chi connectivity index (χ3v) is 3.79. The van der Waals surface area contributed by atoms with Gasteiger partial charge in [0.1, 0.15) is 0 Å². The van der Waals surface area contributed by atoms with Crippen LogP contribution >= 0.6 is 23.2 Å². The maximum atomic E-state index is 6.26. The van der Waals surface area contributed by atoms with E-state index in [-0.39, 0.29) is 6.04 Å². The van der Waals surface area contributed by atoms with Crippen LogP contribution in [0, 0.1) is 0 Å². The number of likely N-dealkylation sites (N-methyl/N-ethyl adjacent to an activating group) is 1. The first-order valence-corrected chi connectivity index (χ1v) is 7.12. The summed E-state index contributed by atoms with van der Waals surface area (Å²) < 4.78 is 0. The van der Waals surface area contributed by atoms with Gasteiger partial charge in [0.25, 0.3) is 0 Å². The maximum absolute atomic E-state index is 6.26. The first-order valence-electron chi connectivity index (χ1n) is 6.37. The highest BCUT2D eigenvalue weighted by Gasteiger charge is 2.19. The number of hydrogen-bond acceptors (Lipinski definition) is 3. The van der Waals surface area contributed by atoms with E-state index in [1.165, 1.54) is 0 Å². The lowest BCUT2D eigenvalue weighted by Crippen LogP contribution is -2.30. The molecule has 1 aromatic carbocycles. The first kappa shape index (κ1) is 15.3. The summed E-state index contributed by atoms with van der Waals surface area (Å²) in [6.07, 6.45) is 1.78. The summed E-state index contributed by atoms with van der Waals surface area (Å²) in [6, 6.07) is 11.3. The van der Waals surface area contributed by atoms with Crippen molar-refractivity contribution in [1.29, 1.82) is 0 Å². The fourth-order valence-corrected chi connectivity index (χ4v) is 2.60. The third-order valence-electron chi connectivity index (χ3n) is 3.21. The molecule has 0 saturated heterocycles. The molecule has 5 heteroatoms. The minimum atomic E-state index is 0.00297. The van der Waals surface area contributed by atoms with Gasteiger partial charge in [-0.1, -0.05) is 29.3 Å². The molecule has 0 amide bonds. The zero-order valence-electron chi connectivity index (χ0n) is 11.3. The zero-order chi connectivity index (χ0) is 14.5. The number of aromatic nitrogens is 1. The van der Waals surface area contributed by atoms with E-state index in [0.29, 0.717) is 23.1 Å². The van der Waals surface area contributed by atoms with E-state index in [4.69, 9.17) is 28.9 Å². The molecule has 2 rings (SSSR count). The first-order chi connectivity index (χ1) is 9.61. The Balaban J connectivity index is 2.21. The highest BCUT2D eigenvalue weighted by Crippen LogP contribution is 2.29. The van der Waals surface area contributed by atoms with Crippen molar-refractivity contribution < 1.29 is 0 Å². The van der Waals surface area contributed by atoms with E-state index >= 15 is 0 Å². The van der Waals surface area contributed by atoms with E-state index in [2.05, 4.69) is 9.88 Å². The number of pyridine rings is 1. The minimum Gasteiger partial charge on any atom is -0.329 e. The van der Waals surface area contributed by atoms with Gasteiger partial charge in [0, 0.05) is 35.4 Å². The minimum absolute atomic E-state index is 0.00297. The van der Waals surface area contributed by atoms with Crippen LogP contribution in [-0.2, 0) is 6.54 Å². The molecule has 0 spiro atoms. The predicted octanol–water partition coefficient (Wildman–Crippen LogP) is 3.52. The summed E-state index contributed by atoms with van der Waals surface area (Å²) in [6.45, 7) is 1.16. The van der Waals surface area contributed by atoms with Gasteiger partial charge in [0.05, 0.1) is 5.69 Å². The van der Waals surface area contributed by atoms with Gasteiger partial charge in [-0.2, -0.15) is 0 Å². The molecule has 2 N–H and O–H groups in total. The van der Waals surface area contributed by atoms with E-state index in [9.17, 15) is 0 Å². The second-order valence-electron chi connectivity index (χ2n) is 4.65. The molecule has 0 radical (unpaired) electrons. The van der Waals surface area contributed by atoms with Crippen LogP contribution in [0.4, 0.5) is 0 Å². The molecule has 0 fully saturated rings. The van der Waals surface area contributed by atoms with E-state index < -0.39 is 0 Å². The van der Waals surface area contributed by atoms with E-state index in [0.717, 1.165) is 11.3 Å². The quantitative estimate of drug-likeness (QED) is 0.919. The topological polar surface area (TPSA) is 42.2 Å². The smallest absolute Gasteiger partial charge is 0.0544 e. The number of hydrogen-bond donors (Lipinski definition) is 1. The SMILES string of the molecule is CN(Cc1ccccn1)C(CN)c1cc(Cl)ccc1Cl. The predicted molar refractivity (Wildman–Crippen MR) is 84.0 cm³/mol.